The van der Waals surface area contributed by atoms with Crippen LogP contribution in [0.25, 0.3) is 0 Å². The predicted octanol–water partition coefficient (Wildman–Crippen LogP) is -0.221. The van der Waals surface area contributed by atoms with E-state index in [0.717, 1.165) is 0 Å². The summed E-state index contributed by atoms with van der Waals surface area (Å²) in [5.74, 6) is -0.704. The van der Waals surface area contributed by atoms with Gasteiger partial charge < -0.3 is 14.7 Å². The van der Waals surface area contributed by atoms with Gasteiger partial charge in [0.2, 0.25) is 12.2 Å². The molecule has 8 heteroatoms. The number of rotatable bonds is 4. The van der Waals surface area contributed by atoms with E-state index in [1.54, 1.807) is 0 Å². The van der Waals surface area contributed by atoms with E-state index in [1.165, 1.54) is 23.3 Å². The van der Waals surface area contributed by atoms with E-state index in [4.69, 9.17) is 5.26 Å². The lowest BCUT2D eigenvalue weighted by atomic mass is 10.4. The lowest BCUT2D eigenvalue weighted by molar-refractivity contribution is -0.389. The lowest BCUT2D eigenvalue weighted by Crippen LogP contribution is -2.18. The van der Waals surface area contributed by atoms with E-state index >= 15 is 0 Å². The fraction of sp³-hybridized carbons (Fsp3) is 0.286. The fourth-order valence-electron chi connectivity index (χ4n) is 0.920. The van der Waals surface area contributed by atoms with Crippen LogP contribution in [-0.2, 0) is 11.3 Å². The number of nitriles is 1. The van der Waals surface area contributed by atoms with Gasteiger partial charge in [0.1, 0.15) is 6.20 Å². The molecule has 0 saturated carbocycles. The van der Waals surface area contributed by atoms with Crippen LogP contribution in [0.4, 0.5) is 5.82 Å². The molecule has 1 N–H and O–H groups in total. The van der Waals surface area contributed by atoms with Crippen LogP contribution in [0.2, 0.25) is 0 Å². The summed E-state index contributed by atoms with van der Waals surface area (Å²) in [6.45, 7) is 0.244. The number of hydrogen-bond donors (Lipinski definition) is 1. The van der Waals surface area contributed by atoms with E-state index in [1.807, 2.05) is 5.32 Å². The van der Waals surface area contributed by atoms with Crippen molar-refractivity contribution in [3.8, 4) is 6.19 Å². The first kappa shape index (κ1) is 10.6. The Morgan fingerprint density at radius 3 is 3.07 bits per heavy atom. The fourth-order valence-corrected chi connectivity index (χ4v) is 0.920. The Balaban J connectivity index is 2.48. The number of carbonyl (C=O) groups excluding carboxylic acids is 1. The number of nitrogens with one attached hydrogen (secondary N) is 1. The molecule has 0 fully saturated rings. The van der Waals surface area contributed by atoms with Gasteiger partial charge in [-0.1, -0.05) is 0 Å². The summed E-state index contributed by atoms with van der Waals surface area (Å²) in [4.78, 5) is 24.0. The number of amides is 1. The van der Waals surface area contributed by atoms with Crippen LogP contribution in [0.1, 0.15) is 6.42 Å². The zero-order valence-corrected chi connectivity index (χ0v) is 7.58. The molecule has 0 aromatic carbocycles. The second-order valence-electron chi connectivity index (χ2n) is 2.64. The third-order valence-electron chi connectivity index (χ3n) is 1.60. The Morgan fingerprint density at radius 2 is 2.53 bits per heavy atom. The van der Waals surface area contributed by atoms with Crippen molar-refractivity contribution >= 4 is 11.7 Å². The molecule has 0 atom stereocenters. The lowest BCUT2D eigenvalue weighted by Gasteiger charge is -1.97. The van der Waals surface area contributed by atoms with Crippen molar-refractivity contribution in [2.24, 2.45) is 0 Å². The van der Waals surface area contributed by atoms with Gasteiger partial charge in [0.05, 0.1) is 0 Å². The average Bonchev–Trinajstić information content (AvgIpc) is 2.63. The number of nitrogens with zero attached hydrogens (tertiary/aromatic N) is 4. The van der Waals surface area contributed by atoms with Crippen molar-refractivity contribution in [3.63, 3.8) is 0 Å². The zero-order chi connectivity index (χ0) is 11.3. The van der Waals surface area contributed by atoms with Gasteiger partial charge >= 0.3 is 5.82 Å². The predicted molar refractivity (Wildman–Crippen MR) is 47.3 cm³/mol. The van der Waals surface area contributed by atoms with Gasteiger partial charge in [-0.15, -0.1) is 0 Å². The summed E-state index contributed by atoms with van der Waals surface area (Å²) in [7, 11) is 0. The highest BCUT2D eigenvalue weighted by Gasteiger charge is 2.10. The first-order chi connectivity index (χ1) is 7.13. The van der Waals surface area contributed by atoms with Gasteiger partial charge in [0.15, 0.2) is 6.19 Å². The summed E-state index contributed by atoms with van der Waals surface area (Å²) in [6.07, 6.45) is 4.05. The van der Waals surface area contributed by atoms with Gasteiger partial charge in [-0.05, 0) is 9.91 Å². The smallest absolute Gasteiger partial charge is 0.358 e. The Labute approximate surface area is 84.3 Å². The maximum Gasteiger partial charge on any atom is 0.381 e. The molecular formula is C7H7N5O3. The Kier molecular flexibility index (Phi) is 3.34. The molecule has 0 bridgehead atoms. The van der Waals surface area contributed by atoms with Crippen molar-refractivity contribution in [3.05, 3.63) is 22.6 Å². The molecule has 0 aliphatic heterocycles. The molecule has 1 heterocycles. The van der Waals surface area contributed by atoms with Crippen LogP contribution in [-0.4, -0.2) is 20.4 Å². The van der Waals surface area contributed by atoms with Gasteiger partial charge in [-0.25, -0.2) is 0 Å². The maximum atomic E-state index is 10.9. The molecule has 1 amide bonds. The van der Waals surface area contributed by atoms with E-state index in [2.05, 4.69) is 4.98 Å². The third kappa shape index (κ3) is 3.07. The number of carbonyl (C=O) groups is 1. The highest BCUT2D eigenvalue weighted by molar-refractivity contribution is 5.77. The SMILES string of the molecule is N#CNC(=O)CCn1cnc([N+](=O)[O-])c1. The minimum Gasteiger partial charge on any atom is -0.358 e. The van der Waals surface area contributed by atoms with Crippen molar-refractivity contribution in [2.75, 3.05) is 0 Å². The van der Waals surface area contributed by atoms with E-state index in [9.17, 15) is 14.9 Å². The molecule has 0 radical (unpaired) electrons. The quantitative estimate of drug-likeness (QED) is 0.318. The Morgan fingerprint density at radius 1 is 1.80 bits per heavy atom. The van der Waals surface area contributed by atoms with Gasteiger partial charge in [0.25, 0.3) is 0 Å². The molecule has 1 rings (SSSR count). The van der Waals surface area contributed by atoms with Crippen molar-refractivity contribution < 1.29 is 9.72 Å². The van der Waals surface area contributed by atoms with E-state index in [-0.39, 0.29) is 18.8 Å². The van der Waals surface area contributed by atoms with Crippen LogP contribution in [0, 0.1) is 21.6 Å². The van der Waals surface area contributed by atoms with Crippen molar-refractivity contribution in [2.45, 2.75) is 13.0 Å². The molecule has 0 unspecified atom stereocenters. The normalized spacial score (nSPS) is 9.27. The largest absolute Gasteiger partial charge is 0.381 e. The molecule has 0 spiro atoms. The minimum absolute atomic E-state index is 0.0705. The Hall–Kier alpha value is -2.43. The van der Waals surface area contributed by atoms with Crippen LogP contribution < -0.4 is 5.32 Å². The number of hydrogen-bond acceptors (Lipinski definition) is 5. The minimum atomic E-state index is -0.619. The molecule has 0 aliphatic carbocycles. The highest BCUT2D eigenvalue weighted by Crippen LogP contribution is 2.05. The van der Waals surface area contributed by atoms with Gasteiger partial charge in [0, 0.05) is 13.0 Å². The molecule has 0 aliphatic rings. The molecule has 1 aromatic heterocycles. The third-order valence-corrected chi connectivity index (χ3v) is 1.60. The maximum absolute atomic E-state index is 10.9. The molecular weight excluding hydrogens is 202 g/mol. The summed E-state index contributed by atoms with van der Waals surface area (Å²) in [5, 5.41) is 20.3. The van der Waals surface area contributed by atoms with Gasteiger partial charge in [-0.3, -0.25) is 10.1 Å². The monoisotopic (exact) mass is 209 g/mol. The van der Waals surface area contributed by atoms with Crippen molar-refractivity contribution in [1.82, 2.24) is 14.9 Å². The summed E-state index contributed by atoms with van der Waals surface area (Å²) in [6, 6.07) is 0. The number of nitro groups is 1. The average molecular weight is 209 g/mol. The molecule has 0 saturated heterocycles. The van der Waals surface area contributed by atoms with E-state index in [0.29, 0.717) is 0 Å². The second kappa shape index (κ2) is 4.71. The topological polar surface area (TPSA) is 114 Å². The van der Waals surface area contributed by atoms with E-state index < -0.39 is 10.8 Å². The van der Waals surface area contributed by atoms with Gasteiger partial charge in [-0.2, -0.15) is 5.26 Å². The molecule has 78 valence electrons. The van der Waals surface area contributed by atoms with Crippen LogP contribution in [0.5, 0.6) is 0 Å². The first-order valence-corrected chi connectivity index (χ1v) is 3.97. The number of imidazole rings is 1. The van der Waals surface area contributed by atoms with Crippen molar-refractivity contribution in [1.29, 1.82) is 5.26 Å². The number of aromatic nitrogens is 2. The molecule has 1 aromatic rings. The first-order valence-electron chi connectivity index (χ1n) is 3.97. The molecule has 8 nitrogen and oxygen atoms in total. The molecule has 15 heavy (non-hydrogen) atoms. The standard InChI is InChI=1S/C7H7N5O3/c8-4-9-7(13)1-2-11-3-6(10-5-11)12(14)15/h3,5H,1-2H2,(H,9,13). The second-order valence-corrected chi connectivity index (χ2v) is 2.64. The summed E-state index contributed by atoms with van der Waals surface area (Å²) < 4.78 is 1.41. The summed E-state index contributed by atoms with van der Waals surface area (Å²) in [5.41, 5.74) is 0. The Bertz CT molecular complexity index is 419. The zero-order valence-electron chi connectivity index (χ0n) is 7.58. The van der Waals surface area contributed by atoms with Crippen LogP contribution in [0.3, 0.4) is 0 Å². The summed E-state index contributed by atoms with van der Waals surface area (Å²) >= 11 is 0. The number of aryl methyl sites for hydroxylation is 1. The van der Waals surface area contributed by atoms with Crippen LogP contribution >= 0.6 is 0 Å². The highest BCUT2D eigenvalue weighted by atomic mass is 16.6. The van der Waals surface area contributed by atoms with Crippen LogP contribution in [0.15, 0.2) is 12.5 Å².